The highest BCUT2D eigenvalue weighted by atomic mass is 79.9. The molecular weight excluding hydrogens is 398 g/mol. The fourth-order valence-electron chi connectivity index (χ4n) is 2.98. The van der Waals surface area contributed by atoms with Gasteiger partial charge in [-0.05, 0) is 56.2 Å². The summed E-state index contributed by atoms with van der Waals surface area (Å²) in [5, 5.41) is 4.24. The number of pyridine rings is 2. The van der Waals surface area contributed by atoms with Gasteiger partial charge in [-0.2, -0.15) is 0 Å². The van der Waals surface area contributed by atoms with E-state index >= 15 is 0 Å². The molecule has 3 aromatic rings. The first-order valence-electron chi connectivity index (χ1n) is 7.95. The average molecular weight is 418 g/mol. The lowest BCUT2D eigenvalue weighted by molar-refractivity contribution is 0.786. The molecule has 1 atom stereocenters. The molecule has 7 heteroatoms. The van der Waals surface area contributed by atoms with Crippen LogP contribution in [0, 0.1) is 20.8 Å². The maximum Gasteiger partial charge on any atom is 0.162 e. The normalized spacial score (nSPS) is 16.6. The van der Waals surface area contributed by atoms with Gasteiger partial charge in [0.1, 0.15) is 17.5 Å². The van der Waals surface area contributed by atoms with Gasteiger partial charge in [0.05, 0.1) is 11.4 Å². The molecule has 0 fully saturated rings. The molecular formula is C18H20BrN5S. The Morgan fingerprint density at radius 2 is 1.96 bits per heavy atom. The summed E-state index contributed by atoms with van der Waals surface area (Å²) in [4.78, 5) is 13.9. The standard InChI is InChI=1S/C18H19N5S.BrH/c1-11-4-6-19-15(8-11)22-18-21-14(10-24-18)17-13(3)20-16-9-12(2)5-7-23(16)17;/h4-9,14H,10H2,1-3H3,(H,19,21,22);1H. The summed E-state index contributed by atoms with van der Waals surface area (Å²) in [7, 11) is 0. The highest BCUT2D eigenvalue weighted by Crippen LogP contribution is 2.33. The van der Waals surface area contributed by atoms with E-state index in [9.17, 15) is 0 Å². The first-order valence-corrected chi connectivity index (χ1v) is 8.94. The summed E-state index contributed by atoms with van der Waals surface area (Å²) < 4.78 is 2.16. The zero-order chi connectivity index (χ0) is 16.7. The number of aromatic nitrogens is 3. The molecule has 4 heterocycles. The van der Waals surface area contributed by atoms with Crippen molar-refractivity contribution in [3.05, 3.63) is 59.2 Å². The Morgan fingerprint density at radius 1 is 1.16 bits per heavy atom. The van der Waals surface area contributed by atoms with Gasteiger partial charge < -0.3 is 9.72 Å². The number of amidine groups is 1. The minimum absolute atomic E-state index is 0. The van der Waals surface area contributed by atoms with Gasteiger partial charge in [0.2, 0.25) is 0 Å². The van der Waals surface area contributed by atoms with E-state index in [0.29, 0.717) is 0 Å². The molecule has 0 spiro atoms. The van der Waals surface area contributed by atoms with Crippen LogP contribution in [0.25, 0.3) is 5.65 Å². The van der Waals surface area contributed by atoms with Gasteiger partial charge in [0, 0.05) is 18.1 Å². The second-order valence-electron chi connectivity index (χ2n) is 6.12. The first-order chi connectivity index (χ1) is 11.6. The number of hydrogen-bond acceptors (Lipinski definition) is 5. The van der Waals surface area contributed by atoms with E-state index < -0.39 is 0 Å². The van der Waals surface area contributed by atoms with Crippen molar-refractivity contribution >= 4 is 45.4 Å². The second kappa shape index (κ2) is 7.17. The molecule has 1 aliphatic heterocycles. The molecule has 0 bridgehead atoms. The minimum atomic E-state index is 0. The number of nitrogens with one attached hydrogen (secondary N) is 1. The van der Waals surface area contributed by atoms with Crippen molar-refractivity contribution in [3.8, 4) is 0 Å². The van der Waals surface area contributed by atoms with Crippen molar-refractivity contribution < 1.29 is 0 Å². The van der Waals surface area contributed by atoms with Crippen LogP contribution in [0.4, 0.5) is 5.82 Å². The van der Waals surface area contributed by atoms with Crippen molar-refractivity contribution in [2.24, 2.45) is 4.99 Å². The van der Waals surface area contributed by atoms with E-state index in [2.05, 4.69) is 53.8 Å². The van der Waals surface area contributed by atoms with Gasteiger partial charge in [-0.3, -0.25) is 4.99 Å². The van der Waals surface area contributed by atoms with E-state index in [1.165, 1.54) is 16.8 Å². The third-order valence-corrected chi connectivity index (χ3v) is 5.08. The average Bonchev–Trinajstić information content (AvgIpc) is 3.10. The number of aryl methyl sites for hydroxylation is 3. The first kappa shape index (κ1) is 17.9. The van der Waals surface area contributed by atoms with Crippen LogP contribution in [0.3, 0.4) is 0 Å². The Balaban J connectivity index is 0.00000182. The number of aliphatic imine (C=N–C) groups is 1. The minimum Gasteiger partial charge on any atom is -0.320 e. The van der Waals surface area contributed by atoms with Crippen LogP contribution in [-0.2, 0) is 0 Å². The van der Waals surface area contributed by atoms with Crippen molar-refractivity contribution in [1.82, 2.24) is 14.4 Å². The Bertz CT molecular complexity index is 950. The van der Waals surface area contributed by atoms with Gasteiger partial charge in [-0.25, -0.2) is 9.97 Å². The lowest BCUT2D eigenvalue weighted by atomic mass is 10.2. The zero-order valence-corrected chi connectivity index (χ0v) is 16.9. The molecule has 130 valence electrons. The molecule has 1 unspecified atom stereocenters. The van der Waals surface area contributed by atoms with Gasteiger partial charge >= 0.3 is 0 Å². The molecule has 1 N–H and O–H groups in total. The topological polar surface area (TPSA) is 54.6 Å². The number of rotatable bonds is 2. The monoisotopic (exact) mass is 417 g/mol. The van der Waals surface area contributed by atoms with Crippen molar-refractivity contribution in [2.75, 3.05) is 11.1 Å². The summed E-state index contributed by atoms with van der Waals surface area (Å²) >= 11 is 1.73. The van der Waals surface area contributed by atoms with E-state index in [1.54, 1.807) is 11.8 Å². The predicted octanol–water partition coefficient (Wildman–Crippen LogP) is 4.49. The molecule has 0 aromatic carbocycles. The predicted molar refractivity (Wildman–Crippen MR) is 110 cm³/mol. The quantitative estimate of drug-likeness (QED) is 0.667. The van der Waals surface area contributed by atoms with Crippen molar-refractivity contribution in [3.63, 3.8) is 0 Å². The molecule has 0 saturated carbocycles. The molecule has 3 aromatic heterocycles. The van der Waals surface area contributed by atoms with Gasteiger partial charge in [-0.1, -0.05) is 11.8 Å². The molecule has 1 aliphatic rings. The van der Waals surface area contributed by atoms with Crippen LogP contribution >= 0.6 is 28.7 Å². The highest BCUT2D eigenvalue weighted by Gasteiger charge is 2.25. The molecule has 0 aliphatic carbocycles. The van der Waals surface area contributed by atoms with Crippen LogP contribution in [-0.4, -0.2) is 25.3 Å². The van der Waals surface area contributed by atoms with Crippen molar-refractivity contribution in [2.45, 2.75) is 26.8 Å². The van der Waals surface area contributed by atoms with Gasteiger partial charge in [-0.15, -0.1) is 17.0 Å². The third-order valence-electron chi connectivity index (χ3n) is 4.12. The highest BCUT2D eigenvalue weighted by molar-refractivity contribution is 8.93. The molecule has 25 heavy (non-hydrogen) atoms. The largest absolute Gasteiger partial charge is 0.320 e. The molecule has 0 amide bonds. The lowest BCUT2D eigenvalue weighted by Crippen LogP contribution is -2.06. The Labute approximate surface area is 161 Å². The maximum absolute atomic E-state index is 4.86. The SMILES string of the molecule is Br.Cc1ccnc(NC2=NC(c3c(C)nc4cc(C)ccn34)CS2)c1. The molecule has 0 saturated heterocycles. The Hall–Kier alpha value is -1.86. The number of anilines is 1. The van der Waals surface area contributed by atoms with Gasteiger partial charge in [0.25, 0.3) is 0 Å². The van der Waals surface area contributed by atoms with Crippen LogP contribution in [0.5, 0.6) is 0 Å². The Kier molecular flexibility index (Phi) is 5.15. The zero-order valence-electron chi connectivity index (χ0n) is 14.4. The summed E-state index contributed by atoms with van der Waals surface area (Å²) in [6.45, 7) is 6.21. The summed E-state index contributed by atoms with van der Waals surface area (Å²) in [6.07, 6.45) is 3.90. The Morgan fingerprint density at radius 3 is 2.76 bits per heavy atom. The van der Waals surface area contributed by atoms with E-state index in [4.69, 9.17) is 9.98 Å². The lowest BCUT2D eigenvalue weighted by Gasteiger charge is -2.07. The van der Waals surface area contributed by atoms with Crippen LogP contribution in [0.15, 0.2) is 41.7 Å². The maximum atomic E-state index is 4.86. The summed E-state index contributed by atoms with van der Waals surface area (Å²) in [6, 6.07) is 8.34. The van der Waals surface area contributed by atoms with E-state index in [0.717, 1.165) is 28.1 Å². The summed E-state index contributed by atoms with van der Waals surface area (Å²) in [5.74, 6) is 1.75. The molecule has 0 radical (unpaired) electrons. The van der Waals surface area contributed by atoms with Gasteiger partial charge in [0.15, 0.2) is 5.17 Å². The second-order valence-corrected chi connectivity index (χ2v) is 7.13. The van der Waals surface area contributed by atoms with Crippen molar-refractivity contribution in [1.29, 1.82) is 0 Å². The number of hydrogen-bond donors (Lipinski definition) is 1. The number of fused-ring (bicyclic) bond motifs is 1. The van der Waals surface area contributed by atoms with Crippen LogP contribution in [0.1, 0.15) is 28.6 Å². The van der Waals surface area contributed by atoms with E-state index in [1.807, 2.05) is 18.3 Å². The molecule has 5 nitrogen and oxygen atoms in total. The number of halogens is 1. The summed E-state index contributed by atoms with van der Waals surface area (Å²) in [5.41, 5.74) is 5.61. The number of thioether (sulfide) groups is 1. The fourth-order valence-corrected chi connectivity index (χ4v) is 3.91. The molecule has 4 rings (SSSR count). The number of nitrogens with zero attached hydrogens (tertiary/aromatic N) is 4. The van der Waals surface area contributed by atoms with Crippen LogP contribution in [0.2, 0.25) is 0 Å². The third kappa shape index (κ3) is 3.57. The fraction of sp³-hybridized carbons (Fsp3) is 0.278. The number of imidazole rings is 1. The van der Waals surface area contributed by atoms with E-state index in [-0.39, 0.29) is 23.0 Å². The van der Waals surface area contributed by atoms with Crippen LogP contribution < -0.4 is 5.32 Å². The smallest absolute Gasteiger partial charge is 0.162 e.